The second-order valence-corrected chi connectivity index (χ2v) is 5.95. The van der Waals surface area contributed by atoms with E-state index >= 15 is 0 Å². The molecule has 108 valence electrons. The van der Waals surface area contributed by atoms with E-state index in [1.807, 2.05) is 12.1 Å². The van der Waals surface area contributed by atoms with E-state index in [9.17, 15) is 5.11 Å². The normalized spacial score (nSPS) is 13.3. The van der Waals surface area contributed by atoms with Gasteiger partial charge in [0.25, 0.3) is 0 Å². The van der Waals surface area contributed by atoms with E-state index in [1.165, 1.54) is 0 Å². The fourth-order valence-corrected chi connectivity index (χ4v) is 1.70. The molecule has 0 bridgehead atoms. The zero-order valence-electron chi connectivity index (χ0n) is 11.9. The Morgan fingerprint density at radius 2 is 2.05 bits per heavy atom. The largest absolute Gasteiger partial charge is 0.489 e. The lowest BCUT2D eigenvalue weighted by atomic mass is 9.90. The predicted molar refractivity (Wildman–Crippen MR) is 79.9 cm³/mol. The molecule has 0 aliphatic rings. The van der Waals surface area contributed by atoms with Crippen molar-refractivity contribution >= 4 is 11.6 Å². The summed E-state index contributed by atoms with van der Waals surface area (Å²) in [4.78, 5) is 0. The number of hydrogen-bond acceptors (Lipinski definition) is 3. The minimum atomic E-state index is -0.538. The van der Waals surface area contributed by atoms with Crippen molar-refractivity contribution in [3.8, 4) is 5.75 Å². The molecule has 1 atom stereocenters. The summed E-state index contributed by atoms with van der Waals surface area (Å²) in [6, 6.07) is 7.27. The van der Waals surface area contributed by atoms with Gasteiger partial charge < -0.3 is 15.2 Å². The summed E-state index contributed by atoms with van der Waals surface area (Å²) in [5.74, 6) is 0.608. The second kappa shape index (κ2) is 7.73. The third kappa shape index (κ3) is 6.28. The molecule has 1 unspecified atom stereocenters. The van der Waals surface area contributed by atoms with Crippen molar-refractivity contribution in [2.75, 3.05) is 19.7 Å². The van der Waals surface area contributed by atoms with Crippen LogP contribution in [0.3, 0.4) is 0 Å². The highest BCUT2D eigenvalue weighted by Crippen LogP contribution is 2.23. The monoisotopic (exact) mass is 285 g/mol. The molecule has 0 aliphatic heterocycles. The van der Waals surface area contributed by atoms with Gasteiger partial charge in [0.2, 0.25) is 0 Å². The first-order valence-corrected chi connectivity index (χ1v) is 7.08. The molecule has 1 rings (SSSR count). The van der Waals surface area contributed by atoms with Crippen molar-refractivity contribution in [3.63, 3.8) is 0 Å². The Bertz CT molecular complexity index is 382. The number of benzene rings is 1. The topological polar surface area (TPSA) is 41.5 Å². The van der Waals surface area contributed by atoms with Gasteiger partial charge in [-0.05, 0) is 24.0 Å². The van der Waals surface area contributed by atoms with Crippen LogP contribution in [0.15, 0.2) is 24.3 Å². The van der Waals surface area contributed by atoms with Gasteiger partial charge in [0.1, 0.15) is 18.5 Å². The van der Waals surface area contributed by atoms with E-state index in [4.69, 9.17) is 16.3 Å². The maximum Gasteiger partial charge on any atom is 0.138 e. The first-order valence-electron chi connectivity index (χ1n) is 6.71. The Hall–Kier alpha value is -0.770. The average Bonchev–Trinajstić information content (AvgIpc) is 2.37. The van der Waals surface area contributed by atoms with Gasteiger partial charge in [-0.3, -0.25) is 0 Å². The number of aliphatic hydroxyl groups is 1. The van der Waals surface area contributed by atoms with Crippen LogP contribution in [0.1, 0.15) is 27.2 Å². The fourth-order valence-electron chi connectivity index (χ4n) is 1.51. The summed E-state index contributed by atoms with van der Waals surface area (Å²) < 4.78 is 5.49. The minimum Gasteiger partial charge on any atom is -0.489 e. The van der Waals surface area contributed by atoms with E-state index in [0.29, 0.717) is 17.3 Å². The number of nitrogens with one attached hydrogen (secondary N) is 1. The summed E-state index contributed by atoms with van der Waals surface area (Å²) in [5.41, 5.74) is 0.253. The van der Waals surface area contributed by atoms with Gasteiger partial charge in [-0.1, -0.05) is 44.5 Å². The molecule has 0 fully saturated rings. The molecule has 4 heteroatoms. The smallest absolute Gasteiger partial charge is 0.138 e. The van der Waals surface area contributed by atoms with Crippen LogP contribution >= 0.6 is 11.6 Å². The minimum absolute atomic E-state index is 0.239. The predicted octanol–water partition coefficient (Wildman–Crippen LogP) is 3.11. The highest BCUT2D eigenvalue weighted by atomic mass is 35.5. The zero-order valence-corrected chi connectivity index (χ0v) is 12.7. The van der Waals surface area contributed by atoms with E-state index in [-0.39, 0.29) is 12.0 Å². The Labute approximate surface area is 120 Å². The molecule has 0 aliphatic carbocycles. The van der Waals surface area contributed by atoms with Crippen LogP contribution in [0, 0.1) is 5.41 Å². The van der Waals surface area contributed by atoms with E-state index in [1.54, 1.807) is 12.1 Å². The molecule has 19 heavy (non-hydrogen) atoms. The summed E-state index contributed by atoms with van der Waals surface area (Å²) in [6.07, 6.45) is 0.565. The van der Waals surface area contributed by atoms with E-state index in [2.05, 4.69) is 26.1 Å². The number of hydrogen-bond donors (Lipinski definition) is 2. The van der Waals surface area contributed by atoms with Gasteiger partial charge in [-0.25, -0.2) is 0 Å². The van der Waals surface area contributed by atoms with Crippen molar-refractivity contribution in [3.05, 3.63) is 29.3 Å². The number of para-hydroxylation sites is 1. The molecule has 0 spiro atoms. The van der Waals surface area contributed by atoms with Crippen molar-refractivity contribution in [1.82, 2.24) is 5.32 Å². The molecule has 0 saturated heterocycles. The fraction of sp³-hybridized carbons (Fsp3) is 0.600. The van der Waals surface area contributed by atoms with Crippen molar-refractivity contribution in [2.45, 2.75) is 33.3 Å². The van der Waals surface area contributed by atoms with Crippen LogP contribution in [0.2, 0.25) is 5.02 Å². The number of halogens is 1. The molecule has 0 aromatic heterocycles. The highest BCUT2D eigenvalue weighted by molar-refractivity contribution is 6.32. The molecular weight excluding hydrogens is 262 g/mol. The molecule has 0 heterocycles. The zero-order chi connectivity index (χ0) is 14.3. The maximum absolute atomic E-state index is 9.84. The van der Waals surface area contributed by atoms with Gasteiger partial charge in [0.05, 0.1) is 5.02 Å². The van der Waals surface area contributed by atoms with E-state index in [0.717, 1.165) is 13.0 Å². The Balaban J connectivity index is 2.25. The number of rotatable bonds is 8. The lowest BCUT2D eigenvalue weighted by Gasteiger charge is -2.24. The summed E-state index contributed by atoms with van der Waals surface area (Å²) in [7, 11) is 0. The van der Waals surface area contributed by atoms with Gasteiger partial charge in [-0.2, -0.15) is 0 Å². The van der Waals surface area contributed by atoms with Gasteiger partial charge in [0, 0.05) is 13.1 Å². The first kappa shape index (κ1) is 16.3. The van der Waals surface area contributed by atoms with Crippen LogP contribution in [-0.2, 0) is 0 Å². The maximum atomic E-state index is 9.84. The average molecular weight is 286 g/mol. The molecule has 3 nitrogen and oxygen atoms in total. The van der Waals surface area contributed by atoms with Crippen molar-refractivity contribution in [2.24, 2.45) is 5.41 Å². The van der Waals surface area contributed by atoms with Crippen LogP contribution in [0.5, 0.6) is 5.75 Å². The third-order valence-corrected chi connectivity index (χ3v) is 3.52. The lowest BCUT2D eigenvalue weighted by Crippen LogP contribution is -2.36. The van der Waals surface area contributed by atoms with Gasteiger partial charge in [0.15, 0.2) is 0 Å². The van der Waals surface area contributed by atoms with Gasteiger partial charge in [-0.15, -0.1) is 0 Å². The molecular formula is C15H24ClNO2. The lowest BCUT2D eigenvalue weighted by molar-refractivity contribution is 0.103. The molecule has 1 aromatic carbocycles. The molecule has 0 radical (unpaired) electrons. The van der Waals surface area contributed by atoms with E-state index < -0.39 is 6.10 Å². The number of aliphatic hydroxyl groups excluding tert-OH is 1. The quantitative estimate of drug-likeness (QED) is 0.771. The first-order chi connectivity index (χ1) is 8.94. The standard InChI is InChI=1S/C15H24ClNO2/c1-4-15(2,3)11-17-9-12(18)10-19-14-8-6-5-7-13(14)16/h5-8,12,17-18H,4,9-11H2,1-3H3. The van der Waals surface area contributed by atoms with Crippen LogP contribution in [-0.4, -0.2) is 30.9 Å². The Kier molecular flexibility index (Phi) is 6.63. The highest BCUT2D eigenvalue weighted by Gasteiger charge is 2.15. The Morgan fingerprint density at radius 3 is 2.68 bits per heavy atom. The summed E-state index contributed by atoms with van der Waals surface area (Å²) in [6.45, 7) is 8.21. The van der Waals surface area contributed by atoms with Gasteiger partial charge >= 0.3 is 0 Å². The Morgan fingerprint density at radius 1 is 1.37 bits per heavy atom. The summed E-state index contributed by atoms with van der Waals surface area (Å²) >= 11 is 5.97. The van der Waals surface area contributed by atoms with Crippen LogP contribution < -0.4 is 10.1 Å². The van der Waals surface area contributed by atoms with Crippen molar-refractivity contribution in [1.29, 1.82) is 0 Å². The van der Waals surface area contributed by atoms with Crippen LogP contribution in [0.25, 0.3) is 0 Å². The SMILES string of the molecule is CCC(C)(C)CNCC(O)COc1ccccc1Cl. The van der Waals surface area contributed by atoms with Crippen molar-refractivity contribution < 1.29 is 9.84 Å². The third-order valence-electron chi connectivity index (χ3n) is 3.21. The summed E-state index contributed by atoms with van der Waals surface area (Å²) in [5, 5.41) is 13.7. The molecule has 0 amide bonds. The molecule has 2 N–H and O–H groups in total. The molecule has 0 saturated carbocycles. The molecule has 1 aromatic rings. The number of ether oxygens (including phenoxy) is 1. The second-order valence-electron chi connectivity index (χ2n) is 5.54. The van der Waals surface area contributed by atoms with Crippen LogP contribution in [0.4, 0.5) is 0 Å².